The molecule has 1 saturated carbocycles. The first kappa shape index (κ1) is 13.0. The Bertz CT molecular complexity index is 386. The summed E-state index contributed by atoms with van der Waals surface area (Å²) in [6, 6.07) is 4.51. The molecule has 1 aromatic carbocycles. The molecule has 17 heavy (non-hydrogen) atoms. The van der Waals surface area contributed by atoms with Crippen LogP contribution in [0.1, 0.15) is 44.3 Å². The third-order valence-electron chi connectivity index (χ3n) is 3.78. The second-order valence-electron chi connectivity index (χ2n) is 5.13. The highest BCUT2D eigenvalue weighted by atomic mass is 79.9. The summed E-state index contributed by atoms with van der Waals surface area (Å²) in [6.07, 6.45) is 3.84. The molecule has 0 aromatic heterocycles. The predicted molar refractivity (Wildman–Crippen MR) is 70.2 cm³/mol. The van der Waals surface area contributed by atoms with Crippen molar-refractivity contribution in [2.45, 2.75) is 38.7 Å². The fraction of sp³-hybridized carbons (Fsp3) is 0.571. The van der Waals surface area contributed by atoms with Crippen molar-refractivity contribution >= 4 is 15.9 Å². The molecule has 2 rings (SSSR count). The van der Waals surface area contributed by atoms with Crippen LogP contribution in [0.3, 0.4) is 0 Å². The average Bonchev–Trinajstić information content (AvgIpc) is 2.32. The van der Waals surface area contributed by atoms with Crippen LogP contribution < -0.4 is 0 Å². The van der Waals surface area contributed by atoms with Crippen LogP contribution in [0, 0.1) is 17.7 Å². The number of rotatable bonds is 2. The summed E-state index contributed by atoms with van der Waals surface area (Å²) in [6.45, 7) is 2.25. The van der Waals surface area contributed by atoms with Gasteiger partial charge in [0, 0.05) is 4.47 Å². The summed E-state index contributed by atoms with van der Waals surface area (Å²) in [7, 11) is 0. The third-order valence-corrected chi connectivity index (χ3v) is 4.51. The maximum absolute atomic E-state index is 13.2. The van der Waals surface area contributed by atoms with Crippen LogP contribution in [0.15, 0.2) is 22.7 Å². The van der Waals surface area contributed by atoms with E-state index in [0.717, 1.165) is 36.1 Å². The number of benzene rings is 1. The zero-order valence-electron chi connectivity index (χ0n) is 10.00. The van der Waals surface area contributed by atoms with E-state index in [-0.39, 0.29) is 11.7 Å². The van der Waals surface area contributed by atoms with Crippen LogP contribution in [-0.2, 0) is 0 Å². The Morgan fingerprint density at radius 2 is 1.94 bits per heavy atom. The van der Waals surface area contributed by atoms with Crippen molar-refractivity contribution in [3.63, 3.8) is 0 Å². The summed E-state index contributed by atoms with van der Waals surface area (Å²) in [5.74, 6) is 0.741. The van der Waals surface area contributed by atoms with E-state index in [0.29, 0.717) is 5.56 Å². The highest BCUT2D eigenvalue weighted by molar-refractivity contribution is 9.10. The zero-order valence-corrected chi connectivity index (χ0v) is 11.6. The summed E-state index contributed by atoms with van der Waals surface area (Å²) in [5, 5.41) is 10.3. The maximum Gasteiger partial charge on any atom is 0.123 e. The largest absolute Gasteiger partial charge is 0.388 e. The predicted octanol–water partition coefficient (Wildman–Crippen LogP) is 4.45. The van der Waals surface area contributed by atoms with Gasteiger partial charge in [-0.2, -0.15) is 0 Å². The average molecular weight is 301 g/mol. The summed E-state index contributed by atoms with van der Waals surface area (Å²) >= 11 is 3.38. The van der Waals surface area contributed by atoms with E-state index in [4.69, 9.17) is 0 Å². The van der Waals surface area contributed by atoms with Gasteiger partial charge >= 0.3 is 0 Å². The molecule has 1 nitrogen and oxygen atoms in total. The van der Waals surface area contributed by atoms with E-state index in [1.165, 1.54) is 12.1 Å². The third kappa shape index (κ3) is 3.08. The molecule has 0 radical (unpaired) electrons. The van der Waals surface area contributed by atoms with Gasteiger partial charge in [0.1, 0.15) is 5.82 Å². The SMILES string of the molecule is CC1CCC(C(O)c2cc(F)ccc2Br)CC1. The molecule has 1 fully saturated rings. The van der Waals surface area contributed by atoms with Gasteiger partial charge in [0.2, 0.25) is 0 Å². The van der Waals surface area contributed by atoms with Crippen molar-refractivity contribution in [3.05, 3.63) is 34.1 Å². The molecule has 1 atom stereocenters. The Morgan fingerprint density at radius 1 is 1.29 bits per heavy atom. The van der Waals surface area contributed by atoms with Gasteiger partial charge in [-0.3, -0.25) is 0 Å². The van der Waals surface area contributed by atoms with Crippen LogP contribution in [0.5, 0.6) is 0 Å². The Morgan fingerprint density at radius 3 is 2.59 bits per heavy atom. The summed E-state index contributed by atoms with van der Waals surface area (Å²) in [5.41, 5.74) is 0.685. The highest BCUT2D eigenvalue weighted by Gasteiger charge is 2.27. The molecule has 0 heterocycles. The first-order valence-electron chi connectivity index (χ1n) is 6.21. The lowest BCUT2D eigenvalue weighted by atomic mass is 9.78. The monoisotopic (exact) mass is 300 g/mol. The van der Waals surface area contributed by atoms with E-state index in [2.05, 4.69) is 22.9 Å². The smallest absolute Gasteiger partial charge is 0.123 e. The van der Waals surface area contributed by atoms with Gasteiger partial charge in [0.05, 0.1) is 6.10 Å². The maximum atomic E-state index is 13.2. The number of aliphatic hydroxyl groups is 1. The minimum atomic E-state index is -0.549. The standard InChI is InChI=1S/C14H18BrFO/c1-9-2-4-10(5-3-9)14(17)12-8-11(16)6-7-13(12)15/h6-10,14,17H,2-5H2,1H3. The molecular formula is C14H18BrFO. The molecule has 0 bridgehead atoms. The van der Waals surface area contributed by atoms with E-state index in [1.54, 1.807) is 6.07 Å². The van der Waals surface area contributed by atoms with Crippen molar-refractivity contribution in [1.82, 2.24) is 0 Å². The van der Waals surface area contributed by atoms with Crippen molar-refractivity contribution in [2.24, 2.45) is 11.8 Å². The molecule has 94 valence electrons. The highest BCUT2D eigenvalue weighted by Crippen LogP contribution is 2.38. The van der Waals surface area contributed by atoms with Crippen molar-refractivity contribution in [2.75, 3.05) is 0 Å². The molecule has 0 amide bonds. The van der Waals surface area contributed by atoms with Crippen LogP contribution in [0.25, 0.3) is 0 Å². The first-order chi connectivity index (χ1) is 8.08. The molecule has 1 aromatic rings. The lowest BCUT2D eigenvalue weighted by Gasteiger charge is -2.30. The van der Waals surface area contributed by atoms with Crippen LogP contribution in [0.2, 0.25) is 0 Å². The number of hydrogen-bond acceptors (Lipinski definition) is 1. The van der Waals surface area contributed by atoms with Gasteiger partial charge in [-0.05, 0) is 48.4 Å². The molecule has 0 aliphatic heterocycles. The lowest BCUT2D eigenvalue weighted by Crippen LogP contribution is -2.19. The molecule has 1 aliphatic rings. The van der Waals surface area contributed by atoms with E-state index in [1.807, 2.05) is 0 Å². The van der Waals surface area contributed by atoms with Crippen LogP contribution in [0.4, 0.5) is 4.39 Å². The van der Waals surface area contributed by atoms with Gasteiger partial charge in [-0.25, -0.2) is 4.39 Å². The van der Waals surface area contributed by atoms with Gasteiger partial charge in [0.25, 0.3) is 0 Å². The number of aliphatic hydroxyl groups excluding tert-OH is 1. The normalized spacial score (nSPS) is 26.8. The van der Waals surface area contributed by atoms with Gasteiger partial charge < -0.3 is 5.11 Å². The van der Waals surface area contributed by atoms with Gasteiger partial charge in [-0.1, -0.05) is 35.7 Å². The second-order valence-corrected chi connectivity index (χ2v) is 5.98. The minimum absolute atomic E-state index is 0.268. The van der Waals surface area contributed by atoms with Crippen molar-refractivity contribution in [1.29, 1.82) is 0 Å². The van der Waals surface area contributed by atoms with Gasteiger partial charge in [0.15, 0.2) is 0 Å². The fourth-order valence-electron chi connectivity index (χ4n) is 2.60. The zero-order chi connectivity index (χ0) is 12.4. The Hall–Kier alpha value is -0.410. The molecule has 0 spiro atoms. The topological polar surface area (TPSA) is 20.2 Å². The fourth-order valence-corrected chi connectivity index (χ4v) is 3.08. The molecular weight excluding hydrogens is 283 g/mol. The molecule has 3 heteroatoms. The first-order valence-corrected chi connectivity index (χ1v) is 7.00. The van der Waals surface area contributed by atoms with Crippen LogP contribution >= 0.6 is 15.9 Å². The van der Waals surface area contributed by atoms with Crippen molar-refractivity contribution in [3.8, 4) is 0 Å². The Labute approximate surface area is 110 Å². The molecule has 1 aliphatic carbocycles. The quantitative estimate of drug-likeness (QED) is 0.855. The Kier molecular flexibility index (Phi) is 4.21. The Balaban J connectivity index is 2.13. The van der Waals surface area contributed by atoms with Gasteiger partial charge in [-0.15, -0.1) is 0 Å². The van der Waals surface area contributed by atoms with E-state index < -0.39 is 6.10 Å². The van der Waals surface area contributed by atoms with E-state index >= 15 is 0 Å². The lowest BCUT2D eigenvalue weighted by molar-refractivity contribution is 0.0747. The number of halogens is 2. The van der Waals surface area contributed by atoms with E-state index in [9.17, 15) is 9.50 Å². The molecule has 1 N–H and O–H groups in total. The molecule has 1 unspecified atom stereocenters. The van der Waals surface area contributed by atoms with Crippen LogP contribution in [-0.4, -0.2) is 5.11 Å². The summed E-state index contributed by atoms with van der Waals surface area (Å²) in [4.78, 5) is 0. The minimum Gasteiger partial charge on any atom is -0.388 e. The molecule has 0 saturated heterocycles. The van der Waals surface area contributed by atoms with Crippen molar-refractivity contribution < 1.29 is 9.50 Å². The summed E-state index contributed by atoms with van der Waals surface area (Å²) < 4.78 is 14.0. The number of hydrogen-bond donors (Lipinski definition) is 1. The second kappa shape index (κ2) is 5.49.